The Morgan fingerprint density at radius 1 is 1.44 bits per heavy atom. The van der Waals surface area contributed by atoms with Crippen molar-refractivity contribution < 1.29 is 4.79 Å². The van der Waals surface area contributed by atoms with Crippen molar-refractivity contribution in [2.45, 2.75) is 13.3 Å². The predicted molar refractivity (Wildman–Crippen MR) is 65.5 cm³/mol. The van der Waals surface area contributed by atoms with Crippen LogP contribution in [0.2, 0.25) is 0 Å². The molecule has 0 aliphatic rings. The Bertz CT molecular complexity index is 501. The summed E-state index contributed by atoms with van der Waals surface area (Å²) in [6.07, 6.45) is 2.53. The summed E-state index contributed by atoms with van der Waals surface area (Å²) in [5.74, 6) is 0.159. The van der Waals surface area contributed by atoms with E-state index in [4.69, 9.17) is 5.73 Å². The Morgan fingerprint density at radius 3 is 2.94 bits per heavy atom. The van der Waals surface area contributed by atoms with Crippen LogP contribution in [0.25, 0.3) is 10.9 Å². The van der Waals surface area contributed by atoms with Crippen molar-refractivity contribution >= 4 is 16.7 Å². The number of para-hydroxylation sites is 1. The van der Waals surface area contributed by atoms with Gasteiger partial charge < -0.3 is 10.7 Å². The number of aromatic amines is 1. The van der Waals surface area contributed by atoms with Gasteiger partial charge in [-0.05, 0) is 19.0 Å². The molecule has 3 nitrogen and oxygen atoms in total. The molecule has 1 aromatic carbocycles. The molecule has 16 heavy (non-hydrogen) atoms. The third-order valence-electron chi connectivity index (χ3n) is 2.90. The van der Waals surface area contributed by atoms with Gasteiger partial charge in [0.1, 0.15) is 0 Å². The highest BCUT2D eigenvalue weighted by Crippen LogP contribution is 2.21. The van der Waals surface area contributed by atoms with Gasteiger partial charge in [0.15, 0.2) is 5.78 Å². The Hall–Kier alpha value is -1.61. The summed E-state index contributed by atoms with van der Waals surface area (Å²) >= 11 is 0. The topological polar surface area (TPSA) is 58.9 Å². The highest BCUT2D eigenvalue weighted by atomic mass is 16.1. The first-order valence-electron chi connectivity index (χ1n) is 5.54. The van der Waals surface area contributed by atoms with E-state index in [1.807, 2.05) is 31.2 Å². The van der Waals surface area contributed by atoms with Crippen molar-refractivity contribution in [2.24, 2.45) is 11.7 Å². The maximum Gasteiger partial charge on any atom is 0.167 e. The maximum absolute atomic E-state index is 12.1. The molecule has 2 aromatic rings. The second kappa shape index (κ2) is 4.49. The van der Waals surface area contributed by atoms with Crippen LogP contribution < -0.4 is 5.73 Å². The van der Waals surface area contributed by atoms with Crippen molar-refractivity contribution in [1.82, 2.24) is 4.98 Å². The number of hydrogen-bond acceptors (Lipinski definition) is 2. The molecule has 1 atom stereocenters. The molecule has 0 aliphatic carbocycles. The smallest absolute Gasteiger partial charge is 0.167 e. The molecule has 2 rings (SSSR count). The summed E-state index contributed by atoms with van der Waals surface area (Å²) in [6.45, 7) is 2.48. The van der Waals surface area contributed by atoms with Gasteiger partial charge in [-0.3, -0.25) is 4.79 Å². The Morgan fingerprint density at radius 2 is 2.19 bits per heavy atom. The number of Topliss-reactive ketones (excluding diaryl/α,β-unsaturated/α-hetero) is 1. The molecule has 0 bridgehead atoms. The maximum atomic E-state index is 12.1. The zero-order valence-electron chi connectivity index (χ0n) is 9.36. The molecular weight excluding hydrogens is 200 g/mol. The van der Waals surface area contributed by atoms with Gasteiger partial charge in [-0.25, -0.2) is 0 Å². The Balaban J connectivity index is 2.36. The molecule has 1 unspecified atom stereocenters. The highest BCUT2D eigenvalue weighted by Gasteiger charge is 2.17. The fourth-order valence-electron chi connectivity index (χ4n) is 1.92. The lowest BCUT2D eigenvalue weighted by atomic mass is 9.96. The summed E-state index contributed by atoms with van der Waals surface area (Å²) in [5, 5.41) is 0.997. The van der Waals surface area contributed by atoms with Gasteiger partial charge in [0.2, 0.25) is 0 Å². The molecule has 84 valence electrons. The second-order valence-corrected chi connectivity index (χ2v) is 4.09. The summed E-state index contributed by atoms with van der Waals surface area (Å²) in [4.78, 5) is 15.2. The molecule has 1 aromatic heterocycles. The van der Waals surface area contributed by atoms with Crippen LogP contribution in [-0.4, -0.2) is 17.3 Å². The number of rotatable bonds is 4. The van der Waals surface area contributed by atoms with Crippen LogP contribution in [0.1, 0.15) is 23.7 Å². The van der Waals surface area contributed by atoms with E-state index in [9.17, 15) is 4.79 Å². The molecule has 0 spiro atoms. The van der Waals surface area contributed by atoms with E-state index in [-0.39, 0.29) is 11.7 Å². The number of carbonyl (C=O) groups is 1. The summed E-state index contributed by atoms with van der Waals surface area (Å²) < 4.78 is 0. The Labute approximate surface area is 94.6 Å². The quantitative estimate of drug-likeness (QED) is 0.771. The Kier molecular flexibility index (Phi) is 3.06. The monoisotopic (exact) mass is 216 g/mol. The van der Waals surface area contributed by atoms with E-state index >= 15 is 0 Å². The van der Waals surface area contributed by atoms with Gasteiger partial charge in [-0.2, -0.15) is 0 Å². The third-order valence-corrected chi connectivity index (χ3v) is 2.90. The van der Waals surface area contributed by atoms with Crippen molar-refractivity contribution in [3.05, 3.63) is 36.0 Å². The fourth-order valence-corrected chi connectivity index (χ4v) is 1.92. The van der Waals surface area contributed by atoms with Gasteiger partial charge >= 0.3 is 0 Å². The van der Waals surface area contributed by atoms with Crippen LogP contribution in [0.15, 0.2) is 30.5 Å². The highest BCUT2D eigenvalue weighted by molar-refractivity contribution is 6.08. The SMILES string of the molecule is CC(CCN)C(=O)c1c[nH]c2ccccc12. The van der Waals surface area contributed by atoms with Crippen molar-refractivity contribution in [3.8, 4) is 0 Å². The third kappa shape index (κ3) is 1.86. The predicted octanol–water partition coefficient (Wildman–Crippen LogP) is 2.34. The van der Waals surface area contributed by atoms with Gasteiger partial charge in [0, 0.05) is 28.6 Å². The molecule has 3 heteroatoms. The van der Waals surface area contributed by atoms with Gasteiger partial charge in [0.05, 0.1) is 0 Å². The van der Waals surface area contributed by atoms with Crippen molar-refractivity contribution in [2.75, 3.05) is 6.54 Å². The molecule has 0 radical (unpaired) electrons. The lowest BCUT2D eigenvalue weighted by Crippen LogP contribution is -2.15. The average molecular weight is 216 g/mol. The van der Waals surface area contributed by atoms with E-state index in [1.54, 1.807) is 6.20 Å². The first-order chi connectivity index (χ1) is 7.74. The van der Waals surface area contributed by atoms with E-state index in [0.717, 1.165) is 22.9 Å². The number of benzene rings is 1. The van der Waals surface area contributed by atoms with E-state index < -0.39 is 0 Å². The first kappa shape index (κ1) is 10.9. The van der Waals surface area contributed by atoms with Crippen LogP contribution in [0.3, 0.4) is 0 Å². The van der Waals surface area contributed by atoms with Crippen molar-refractivity contribution in [3.63, 3.8) is 0 Å². The van der Waals surface area contributed by atoms with Crippen LogP contribution in [0, 0.1) is 5.92 Å². The number of nitrogens with two attached hydrogens (primary N) is 1. The minimum absolute atomic E-state index is 0.00999. The van der Waals surface area contributed by atoms with E-state index in [2.05, 4.69) is 4.98 Å². The molecule has 1 heterocycles. The number of hydrogen-bond donors (Lipinski definition) is 2. The van der Waals surface area contributed by atoms with E-state index in [1.165, 1.54) is 0 Å². The molecule has 0 aliphatic heterocycles. The number of ketones is 1. The van der Waals surface area contributed by atoms with Crippen LogP contribution in [0.4, 0.5) is 0 Å². The standard InChI is InChI=1S/C13H16N2O/c1-9(6-7-14)13(16)11-8-15-12-5-3-2-4-10(11)12/h2-5,8-9,15H,6-7,14H2,1H3. The summed E-state index contributed by atoms with van der Waals surface area (Å²) in [5.41, 5.74) is 7.25. The zero-order chi connectivity index (χ0) is 11.5. The zero-order valence-corrected chi connectivity index (χ0v) is 9.36. The van der Waals surface area contributed by atoms with Gasteiger partial charge in [-0.15, -0.1) is 0 Å². The molecule has 0 amide bonds. The normalized spacial score (nSPS) is 12.9. The minimum Gasteiger partial charge on any atom is -0.360 e. The minimum atomic E-state index is -0.00999. The molecule has 3 N–H and O–H groups in total. The van der Waals surface area contributed by atoms with Gasteiger partial charge in [0.25, 0.3) is 0 Å². The summed E-state index contributed by atoms with van der Waals surface area (Å²) in [6, 6.07) is 7.84. The second-order valence-electron chi connectivity index (χ2n) is 4.09. The molecular formula is C13H16N2O. The number of fused-ring (bicyclic) bond motifs is 1. The largest absolute Gasteiger partial charge is 0.360 e. The molecule has 0 fully saturated rings. The van der Waals surface area contributed by atoms with Crippen LogP contribution in [-0.2, 0) is 0 Å². The number of nitrogens with one attached hydrogen (secondary N) is 1. The number of aromatic nitrogens is 1. The van der Waals surface area contributed by atoms with Crippen molar-refractivity contribution in [1.29, 1.82) is 0 Å². The summed E-state index contributed by atoms with van der Waals surface area (Å²) in [7, 11) is 0. The first-order valence-corrected chi connectivity index (χ1v) is 5.54. The molecule has 0 saturated carbocycles. The van der Waals surface area contributed by atoms with E-state index in [0.29, 0.717) is 6.54 Å². The lowest BCUT2D eigenvalue weighted by molar-refractivity contribution is 0.0927. The lowest BCUT2D eigenvalue weighted by Gasteiger charge is -2.07. The molecule has 0 saturated heterocycles. The number of H-pyrrole nitrogens is 1. The van der Waals surface area contributed by atoms with Crippen LogP contribution >= 0.6 is 0 Å². The average Bonchev–Trinajstić information content (AvgIpc) is 2.72. The van der Waals surface area contributed by atoms with Crippen LogP contribution in [0.5, 0.6) is 0 Å². The number of carbonyl (C=O) groups excluding carboxylic acids is 1. The fraction of sp³-hybridized carbons (Fsp3) is 0.308. The van der Waals surface area contributed by atoms with Gasteiger partial charge in [-0.1, -0.05) is 25.1 Å².